The highest BCUT2D eigenvalue weighted by atomic mass is 127. The molecule has 0 fully saturated rings. The maximum Gasteiger partial charge on any atom is 0.215 e. The van der Waals surface area contributed by atoms with E-state index >= 15 is 0 Å². The molecule has 0 saturated heterocycles. The number of rotatable bonds is 10. The number of hydrogen-bond donors (Lipinski definition) is 2. The van der Waals surface area contributed by atoms with Gasteiger partial charge in [-0.05, 0) is 18.8 Å². The van der Waals surface area contributed by atoms with Gasteiger partial charge in [0.25, 0.3) is 0 Å². The van der Waals surface area contributed by atoms with Crippen LogP contribution in [0.15, 0.2) is 4.99 Å². The van der Waals surface area contributed by atoms with Crippen molar-refractivity contribution >= 4 is 40.0 Å². The lowest BCUT2D eigenvalue weighted by atomic mass is 10.1. The molecule has 8 heteroatoms. The lowest BCUT2D eigenvalue weighted by Gasteiger charge is -2.19. The van der Waals surface area contributed by atoms with Crippen LogP contribution >= 0.6 is 24.0 Å². The number of nitrogens with zero attached hydrogens (tertiary/aromatic N) is 2. The molecule has 0 bridgehead atoms. The van der Waals surface area contributed by atoms with Gasteiger partial charge in [-0.2, -0.15) is 0 Å². The molecule has 0 rings (SSSR count). The molecule has 0 aliphatic carbocycles. The smallest absolute Gasteiger partial charge is 0.215 e. The third kappa shape index (κ3) is 10.6. The Bertz CT molecular complexity index is 396. The Hall–Kier alpha value is -0.0900. The molecule has 0 amide bonds. The minimum atomic E-state index is -3.17. The molecule has 0 aromatic heterocycles. The van der Waals surface area contributed by atoms with Crippen molar-refractivity contribution in [3.63, 3.8) is 0 Å². The molecule has 0 saturated carbocycles. The standard InChI is InChI=1S/C14H32N4O2S.HI/c1-6-18(7-2)21(19,20)12-11-17-14(15-5)16-10-8-9-13(3)4;/h13H,6-12H2,1-5H3,(H2,15,16,17);1H. The topological polar surface area (TPSA) is 73.8 Å². The van der Waals surface area contributed by atoms with Crippen molar-refractivity contribution in [3.05, 3.63) is 0 Å². The summed E-state index contributed by atoms with van der Waals surface area (Å²) in [5, 5.41) is 6.25. The maximum atomic E-state index is 12.0. The predicted molar refractivity (Wildman–Crippen MR) is 106 cm³/mol. The summed E-state index contributed by atoms with van der Waals surface area (Å²) in [5.41, 5.74) is 0. The molecule has 2 N–H and O–H groups in total. The van der Waals surface area contributed by atoms with Crippen LogP contribution in [0.1, 0.15) is 40.5 Å². The first-order valence-electron chi connectivity index (χ1n) is 7.79. The third-order valence-electron chi connectivity index (χ3n) is 3.23. The summed E-state index contributed by atoms with van der Waals surface area (Å²) in [6.45, 7) is 10.3. The van der Waals surface area contributed by atoms with Gasteiger partial charge in [0.15, 0.2) is 5.96 Å². The molecule has 0 heterocycles. The van der Waals surface area contributed by atoms with Gasteiger partial charge < -0.3 is 10.6 Å². The zero-order valence-electron chi connectivity index (χ0n) is 14.6. The van der Waals surface area contributed by atoms with Gasteiger partial charge in [0.1, 0.15) is 0 Å². The van der Waals surface area contributed by atoms with E-state index in [2.05, 4.69) is 29.5 Å². The molecule has 0 unspecified atom stereocenters. The van der Waals surface area contributed by atoms with Crippen molar-refractivity contribution in [2.75, 3.05) is 39.0 Å². The fraction of sp³-hybridized carbons (Fsp3) is 0.929. The Morgan fingerprint density at radius 3 is 2.14 bits per heavy atom. The molecule has 134 valence electrons. The highest BCUT2D eigenvalue weighted by molar-refractivity contribution is 14.0. The largest absolute Gasteiger partial charge is 0.356 e. The van der Waals surface area contributed by atoms with E-state index < -0.39 is 10.0 Å². The zero-order valence-corrected chi connectivity index (χ0v) is 17.7. The van der Waals surface area contributed by atoms with Crippen molar-refractivity contribution in [1.82, 2.24) is 14.9 Å². The van der Waals surface area contributed by atoms with Crippen LogP contribution < -0.4 is 10.6 Å². The van der Waals surface area contributed by atoms with Crippen LogP contribution in [0.5, 0.6) is 0 Å². The van der Waals surface area contributed by atoms with Crippen molar-refractivity contribution in [2.45, 2.75) is 40.5 Å². The van der Waals surface area contributed by atoms with Crippen LogP contribution in [0.3, 0.4) is 0 Å². The summed E-state index contributed by atoms with van der Waals surface area (Å²) in [7, 11) is -1.48. The molecule has 0 radical (unpaired) electrons. The zero-order chi connectivity index (χ0) is 16.3. The van der Waals surface area contributed by atoms with Gasteiger partial charge in [-0.3, -0.25) is 4.99 Å². The quantitative estimate of drug-likeness (QED) is 0.232. The van der Waals surface area contributed by atoms with E-state index in [-0.39, 0.29) is 29.7 Å². The van der Waals surface area contributed by atoms with E-state index in [4.69, 9.17) is 0 Å². The number of sulfonamides is 1. The normalized spacial score (nSPS) is 12.4. The molecule has 6 nitrogen and oxygen atoms in total. The van der Waals surface area contributed by atoms with E-state index in [1.54, 1.807) is 7.05 Å². The SMILES string of the molecule is CCN(CC)S(=O)(=O)CCNC(=NC)NCCCC(C)C.I. The first kappa shape index (κ1) is 24.2. The number of hydrogen-bond acceptors (Lipinski definition) is 3. The lowest BCUT2D eigenvalue weighted by Crippen LogP contribution is -2.42. The summed E-state index contributed by atoms with van der Waals surface area (Å²) < 4.78 is 25.5. The maximum absolute atomic E-state index is 12.0. The Morgan fingerprint density at radius 1 is 1.14 bits per heavy atom. The molecular formula is C14H33IN4O2S. The third-order valence-corrected chi connectivity index (χ3v) is 5.25. The number of aliphatic imine (C=N–C) groups is 1. The summed E-state index contributed by atoms with van der Waals surface area (Å²) in [5.74, 6) is 1.44. The number of halogens is 1. The van der Waals surface area contributed by atoms with Gasteiger partial charge in [-0.1, -0.05) is 27.7 Å². The second-order valence-corrected chi connectivity index (χ2v) is 7.45. The Balaban J connectivity index is 0. The Morgan fingerprint density at radius 2 is 1.68 bits per heavy atom. The van der Waals surface area contributed by atoms with E-state index in [1.165, 1.54) is 10.7 Å². The van der Waals surface area contributed by atoms with Crippen LogP contribution in [0.4, 0.5) is 0 Å². The van der Waals surface area contributed by atoms with Crippen LogP contribution in [0.25, 0.3) is 0 Å². The van der Waals surface area contributed by atoms with Gasteiger partial charge >= 0.3 is 0 Å². The Labute approximate surface area is 153 Å². The van der Waals surface area contributed by atoms with E-state index in [9.17, 15) is 8.42 Å². The molecule has 0 aromatic rings. The molecule has 0 atom stereocenters. The highest BCUT2D eigenvalue weighted by Gasteiger charge is 2.18. The Kier molecular flexibility index (Phi) is 14.7. The lowest BCUT2D eigenvalue weighted by molar-refractivity contribution is 0.445. The van der Waals surface area contributed by atoms with E-state index in [0.29, 0.717) is 31.5 Å². The number of guanidine groups is 1. The van der Waals surface area contributed by atoms with Gasteiger partial charge in [0.2, 0.25) is 10.0 Å². The molecule has 0 aliphatic rings. The van der Waals surface area contributed by atoms with Crippen molar-refractivity contribution in [3.8, 4) is 0 Å². The van der Waals surface area contributed by atoms with Crippen LogP contribution in [-0.4, -0.2) is 57.7 Å². The van der Waals surface area contributed by atoms with Crippen LogP contribution in [-0.2, 0) is 10.0 Å². The summed E-state index contributed by atoms with van der Waals surface area (Å²) in [6, 6.07) is 0. The molecule has 0 aliphatic heterocycles. The predicted octanol–water partition coefficient (Wildman–Crippen LogP) is 1.88. The van der Waals surface area contributed by atoms with E-state index in [1.807, 2.05) is 13.8 Å². The molecule has 22 heavy (non-hydrogen) atoms. The summed E-state index contributed by atoms with van der Waals surface area (Å²) in [4.78, 5) is 4.10. The monoisotopic (exact) mass is 448 g/mol. The van der Waals surface area contributed by atoms with Crippen LogP contribution in [0, 0.1) is 5.92 Å². The first-order chi connectivity index (χ1) is 9.87. The minimum absolute atomic E-state index is 0. The van der Waals surface area contributed by atoms with E-state index in [0.717, 1.165) is 13.0 Å². The second kappa shape index (κ2) is 13.4. The molecular weight excluding hydrogens is 415 g/mol. The van der Waals surface area contributed by atoms with Gasteiger partial charge in [0, 0.05) is 33.2 Å². The second-order valence-electron chi connectivity index (χ2n) is 5.36. The fourth-order valence-corrected chi connectivity index (χ4v) is 3.39. The van der Waals surface area contributed by atoms with Crippen molar-refractivity contribution < 1.29 is 8.42 Å². The van der Waals surface area contributed by atoms with Crippen molar-refractivity contribution in [1.29, 1.82) is 0 Å². The number of nitrogens with one attached hydrogen (secondary N) is 2. The van der Waals surface area contributed by atoms with Gasteiger partial charge in [-0.15, -0.1) is 24.0 Å². The van der Waals surface area contributed by atoms with Gasteiger partial charge in [0.05, 0.1) is 5.75 Å². The minimum Gasteiger partial charge on any atom is -0.356 e. The average molecular weight is 448 g/mol. The molecule has 0 aromatic carbocycles. The molecule has 0 spiro atoms. The fourth-order valence-electron chi connectivity index (χ4n) is 1.98. The summed E-state index contributed by atoms with van der Waals surface area (Å²) in [6.07, 6.45) is 2.25. The average Bonchev–Trinajstić information content (AvgIpc) is 2.42. The van der Waals surface area contributed by atoms with Crippen molar-refractivity contribution in [2.24, 2.45) is 10.9 Å². The van der Waals surface area contributed by atoms with Gasteiger partial charge in [-0.25, -0.2) is 12.7 Å². The highest BCUT2D eigenvalue weighted by Crippen LogP contribution is 2.01. The first-order valence-corrected chi connectivity index (χ1v) is 9.40. The summed E-state index contributed by atoms with van der Waals surface area (Å²) >= 11 is 0. The van der Waals surface area contributed by atoms with Crippen LogP contribution in [0.2, 0.25) is 0 Å².